The van der Waals surface area contributed by atoms with Gasteiger partial charge in [-0.05, 0) is 6.42 Å². The summed E-state index contributed by atoms with van der Waals surface area (Å²) in [4.78, 5) is 11.8. The lowest BCUT2D eigenvalue weighted by Gasteiger charge is -2.15. The number of ether oxygens (including phenoxy) is 1. The predicted octanol–water partition coefficient (Wildman–Crippen LogP) is 0.809. The lowest BCUT2D eigenvalue weighted by atomic mass is 10.2. The molecule has 1 aromatic heterocycles. The Morgan fingerprint density at radius 3 is 3.41 bits per heavy atom. The maximum Gasteiger partial charge on any atom is 0.258 e. The summed E-state index contributed by atoms with van der Waals surface area (Å²) >= 11 is 0. The van der Waals surface area contributed by atoms with Crippen LogP contribution in [0, 0.1) is 12.3 Å². The normalized spacial score (nSPS) is 13.4. The summed E-state index contributed by atoms with van der Waals surface area (Å²) in [6, 6.07) is 0. The average molecular weight is 233 g/mol. The van der Waals surface area contributed by atoms with Crippen LogP contribution in [0.15, 0.2) is 6.20 Å². The van der Waals surface area contributed by atoms with Crippen molar-refractivity contribution in [1.82, 2.24) is 15.1 Å². The minimum absolute atomic E-state index is 0.148. The highest BCUT2D eigenvalue weighted by molar-refractivity contribution is 5.96. The van der Waals surface area contributed by atoms with E-state index in [4.69, 9.17) is 11.2 Å². The molecule has 0 spiro atoms. The summed E-state index contributed by atoms with van der Waals surface area (Å²) in [5, 5.41) is 6.92. The minimum atomic E-state index is -0.148. The first kappa shape index (κ1) is 11.5. The molecule has 5 nitrogen and oxygen atoms in total. The van der Waals surface area contributed by atoms with Crippen molar-refractivity contribution in [3.63, 3.8) is 0 Å². The zero-order valence-corrected chi connectivity index (χ0v) is 9.61. The van der Waals surface area contributed by atoms with Crippen molar-refractivity contribution in [3.05, 3.63) is 11.8 Å². The number of nitrogens with zero attached hydrogens (tertiary/aromatic N) is 2. The van der Waals surface area contributed by atoms with Crippen LogP contribution in [0.2, 0.25) is 0 Å². The number of fused-ring (bicyclic) bond motifs is 1. The number of nitrogens with one attached hydrogen (secondary N) is 1. The monoisotopic (exact) mass is 233 g/mol. The van der Waals surface area contributed by atoms with E-state index < -0.39 is 0 Å². The number of carbonyl (C=O) groups excluding carboxylic acids is 1. The number of carbonyl (C=O) groups is 1. The van der Waals surface area contributed by atoms with Gasteiger partial charge in [-0.1, -0.05) is 0 Å². The van der Waals surface area contributed by atoms with Gasteiger partial charge in [0.15, 0.2) is 0 Å². The fourth-order valence-corrected chi connectivity index (χ4v) is 1.71. The van der Waals surface area contributed by atoms with Crippen LogP contribution >= 0.6 is 0 Å². The van der Waals surface area contributed by atoms with Crippen molar-refractivity contribution in [1.29, 1.82) is 0 Å². The summed E-state index contributed by atoms with van der Waals surface area (Å²) in [5.41, 5.74) is 0.505. The number of hydrogen-bond acceptors (Lipinski definition) is 3. The van der Waals surface area contributed by atoms with Crippen molar-refractivity contribution in [2.45, 2.75) is 25.8 Å². The van der Waals surface area contributed by atoms with Gasteiger partial charge in [0.1, 0.15) is 5.56 Å². The maximum absolute atomic E-state index is 11.8. The van der Waals surface area contributed by atoms with Crippen LogP contribution in [0.1, 0.15) is 29.6 Å². The van der Waals surface area contributed by atoms with Crippen molar-refractivity contribution in [2.75, 3.05) is 13.2 Å². The number of aryl methyl sites for hydroxylation is 1. The topological polar surface area (TPSA) is 56.2 Å². The molecule has 5 heteroatoms. The molecule has 0 saturated carbocycles. The Bertz CT molecular complexity index is 445. The lowest BCUT2D eigenvalue weighted by molar-refractivity contribution is 0.0947. The van der Waals surface area contributed by atoms with Crippen LogP contribution in [-0.4, -0.2) is 28.8 Å². The van der Waals surface area contributed by atoms with Crippen LogP contribution in [-0.2, 0) is 6.54 Å². The third kappa shape index (κ3) is 2.59. The lowest BCUT2D eigenvalue weighted by Crippen LogP contribution is -2.25. The molecule has 2 heterocycles. The summed E-state index contributed by atoms with van der Waals surface area (Å²) in [6.45, 7) is 2.02. The van der Waals surface area contributed by atoms with E-state index >= 15 is 0 Å². The predicted molar refractivity (Wildman–Crippen MR) is 62.7 cm³/mol. The Morgan fingerprint density at radius 1 is 1.71 bits per heavy atom. The third-order valence-corrected chi connectivity index (χ3v) is 2.57. The van der Waals surface area contributed by atoms with Crippen LogP contribution in [0.4, 0.5) is 0 Å². The molecule has 0 aromatic carbocycles. The van der Waals surface area contributed by atoms with E-state index in [2.05, 4.69) is 16.3 Å². The highest BCUT2D eigenvalue weighted by Crippen LogP contribution is 2.21. The molecule has 1 aromatic rings. The van der Waals surface area contributed by atoms with Gasteiger partial charge in [-0.3, -0.25) is 4.79 Å². The largest absolute Gasteiger partial charge is 0.477 e. The Labute approximate surface area is 100 Å². The molecule has 0 saturated heterocycles. The molecule has 0 unspecified atom stereocenters. The summed E-state index contributed by atoms with van der Waals surface area (Å²) in [5.74, 6) is 2.96. The molecule has 0 fully saturated rings. The van der Waals surface area contributed by atoms with E-state index in [9.17, 15) is 4.79 Å². The zero-order valence-electron chi connectivity index (χ0n) is 9.61. The van der Waals surface area contributed by atoms with E-state index in [0.29, 0.717) is 31.0 Å². The quantitative estimate of drug-likeness (QED) is 0.618. The van der Waals surface area contributed by atoms with Crippen LogP contribution < -0.4 is 10.1 Å². The van der Waals surface area contributed by atoms with Gasteiger partial charge in [-0.15, -0.1) is 12.3 Å². The van der Waals surface area contributed by atoms with Crippen molar-refractivity contribution >= 4 is 5.91 Å². The molecule has 1 N–H and O–H groups in total. The Kier molecular flexibility index (Phi) is 3.66. The summed E-state index contributed by atoms with van der Waals surface area (Å²) in [6.07, 6.45) is 9.07. The molecule has 17 heavy (non-hydrogen) atoms. The minimum Gasteiger partial charge on any atom is -0.477 e. The first-order valence-electron chi connectivity index (χ1n) is 5.73. The molecule has 0 bridgehead atoms. The van der Waals surface area contributed by atoms with Gasteiger partial charge in [0.05, 0.1) is 12.8 Å². The first-order valence-corrected chi connectivity index (χ1v) is 5.73. The maximum atomic E-state index is 11.8. The van der Waals surface area contributed by atoms with Gasteiger partial charge >= 0.3 is 0 Å². The second-order valence-electron chi connectivity index (χ2n) is 3.85. The Balaban J connectivity index is 1.95. The standard InChI is InChI=1S/C12H15N3O2/c1-2-3-4-6-13-11(16)10-9-14-15-7-5-8-17-12(10)15/h1,9H,3-8H2,(H,13,16). The van der Waals surface area contributed by atoms with E-state index in [0.717, 1.165) is 19.4 Å². The molecule has 0 atom stereocenters. The molecule has 1 aliphatic rings. The fraction of sp³-hybridized carbons (Fsp3) is 0.500. The second kappa shape index (κ2) is 5.39. The van der Waals surface area contributed by atoms with Gasteiger partial charge in [-0.25, -0.2) is 4.68 Å². The van der Waals surface area contributed by atoms with Gasteiger partial charge in [0.2, 0.25) is 5.88 Å². The van der Waals surface area contributed by atoms with E-state index in [1.54, 1.807) is 10.9 Å². The van der Waals surface area contributed by atoms with Crippen molar-refractivity contribution in [2.24, 2.45) is 0 Å². The second-order valence-corrected chi connectivity index (χ2v) is 3.85. The first-order chi connectivity index (χ1) is 8.33. The van der Waals surface area contributed by atoms with E-state index in [1.165, 1.54) is 0 Å². The fourth-order valence-electron chi connectivity index (χ4n) is 1.71. The van der Waals surface area contributed by atoms with Gasteiger partial charge in [0.25, 0.3) is 5.91 Å². The molecule has 1 amide bonds. The van der Waals surface area contributed by atoms with Gasteiger partial charge < -0.3 is 10.1 Å². The Morgan fingerprint density at radius 2 is 2.59 bits per heavy atom. The van der Waals surface area contributed by atoms with E-state index in [-0.39, 0.29) is 5.91 Å². The molecule has 0 radical (unpaired) electrons. The highest BCUT2D eigenvalue weighted by Gasteiger charge is 2.20. The molecule has 90 valence electrons. The molecule has 2 rings (SSSR count). The number of unbranched alkanes of at least 4 members (excludes halogenated alkanes) is 1. The van der Waals surface area contributed by atoms with Crippen LogP contribution in [0.3, 0.4) is 0 Å². The average Bonchev–Trinajstić information content (AvgIpc) is 2.78. The number of aromatic nitrogens is 2. The number of amides is 1. The highest BCUT2D eigenvalue weighted by atomic mass is 16.5. The SMILES string of the molecule is C#CCCCNC(=O)c1cnn2c1OCCC2. The number of hydrogen-bond donors (Lipinski definition) is 1. The molecular weight excluding hydrogens is 218 g/mol. The van der Waals surface area contributed by atoms with E-state index in [1.807, 2.05) is 0 Å². The molecule has 0 aliphatic carbocycles. The van der Waals surface area contributed by atoms with Crippen molar-refractivity contribution in [3.8, 4) is 18.2 Å². The smallest absolute Gasteiger partial charge is 0.258 e. The third-order valence-electron chi connectivity index (χ3n) is 2.57. The zero-order chi connectivity index (χ0) is 12.1. The summed E-state index contributed by atoms with van der Waals surface area (Å²) < 4.78 is 7.17. The molecule has 1 aliphatic heterocycles. The van der Waals surface area contributed by atoms with Crippen LogP contribution in [0.25, 0.3) is 0 Å². The summed E-state index contributed by atoms with van der Waals surface area (Å²) in [7, 11) is 0. The molecular formula is C12H15N3O2. The van der Waals surface area contributed by atoms with Crippen molar-refractivity contribution < 1.29 is 9.53 Å². The number of rotatable bonds is 4. The van der Waals surface area contributed by atoms with Gasteiger partial charge in [0, 0.05) is 25.9 Å². The van der Waals surface area contributed by atoms with Crippen LogP contribution in [0.5, 0.6) is 5.88 Å². The van der Waals surface area contributed by atoms with Gasteiger partial charge in [-0.2, -0.15) is 5.10 Å². The Hall–Kier alpha value is -1.96. The number of terminal acetylenes is 1.